The lowest BCUT2D eigenvalue weighted by atomic mass is 9.98. The lowest BCUT2D eigenvalue weighted by Gasteiger charge is -2.13. The van der Waals surface area contributed by atoms with Crippen molar-refractivity contribution in [2.24, 2.45) is 5.73 Å². The van der Waals surface area contributed by atoms with Gasteiger partial charge in [0.1, 0.15) is 0 Å². The average Bonchev–Trinajstić information content (AvgIpc) is 2.77. The lowest BCUT2D eigenvalue weighted by molar-refractivity contribution is 0.602. The fourth-order valence-electron chi connectivity index (χ4n) is 2.06. The van der Waals surface area contributed by atoms with Gasteiger partial charge in [-0.2, -0.15) is 5.10 Å². The number of nitrogens with two attached hydrogens (primary N) is 1. The Labute approximate surface area is 116 Å². The van der Waals surface area contributed by atoms with Crippen molar-refractivity contribution < 1.29 is 0 Å². The number of hydrogen-bond acceptors (Lipinski definition) is 2. The monoisotopic (exact) mass is 307 g/mol. The standard InChI is InChI=1S/C14H18BrN3/c1-3-6-18-9-11(8-17-18)14(16)13-5-4-12(15)7-10(13)2/h4-5,7-9,14H,3,6,16H2,1-2H3. The van der Waals surface area contributed by atoms with Crippen LogP contribution in [0.2, 0.25) is 0 Å². The second kappa shape index (κ2) is 5.67. The van der Waals surface area contributed by atoms with Crippen molar-refractivity contribution in [1.82, 2.24) is 9.78 Å². The van der Waals surface area contributed by atoms with Gasteiger partial charge in [-0.05, 0) is 36.6 Å². The van der Waals surface area contributed by atoms with E-state index in [0.29, 0.717) is 0 Å². The highest BCUT2D eigenvalue weighted by atomic mass is 79.9. The quantitative estimate of drug-likeness (QED) is 0.940. The zero-order chi connectivity index (χ0) is 13.1. The molecule has 1 aromatic carbocycles. The van der Waals surface area contributed by atoms with E-state index >= 15 is 0 Å². The van der Waals surface area contributed by atoms with Gasteiger partial charge in [0, 0.05) is 22.8 Å². The van der Waals surface area contributed by atoms with E-state index in [2.05, 4.69) is 47.0 Å². The molecule has 1 unspecified atom stereocenters. The molecule has 1 heterocycles. The molecule has 18 heavy (non-hydrogen) atoms. The fourth-order valence-corrected chi connectivity index (χ4v) is 2.53. The fraction of sp³-hybridized carbons (Fsp3) is 0.357. The van der Waals surface area contributed by atoms with E-state index in [-0.39, 0.29) is 6.04 Å². The number of aryl methyl sites for hydroxylation is 2. The molecule has 3 nitrogen and oxygen atoms in total. The van der Waals surface area contributed by atoms with E-state index < -0.39 is 0 Å². The van der Waals surface area contributed by atoms with Gasteiger partial charge in [-0.1, -0.05) is 28.9 Å². The lowest BCUT2D eigenvalue weighted by Crippen LogP contribution is -2.12. The number of rotatable bonds is 4. The zero-order valence-electron chi connectivity index (χ0n) is 10.7. The molecule has 96 valence electrons. The van der Waals surface area contributed by atoms with Crippen molar-refractivity contribution in [2.45, 2.75) is 32.9 Å². The highest BCUT2D eigenvalue weighted by molar-refractivity contribution is 9.10. The summed E-state index contributed by atoms with van der Waals surface area (Å²) in [5, 5.41) is 4.33. The highest BCUT2D eigenvalue weighted by Crippen LogP contribution is 2.24. The van der Waals surface area contributed by atoms with Crippen LogP contribution in [0.1, 0.15) is 36.1 Å². The molecule has 2 aromatic rings. The van der Waals surface area contributed by atoms with Crippen LogP contribution in [-0.2, 0) is 6.54 Å². The van der Waals surface area contributed by atoms with Crippen LogP contribution >= 0.6 is 15.9 Å². The Bertz CT molecular complexity index is 534. The maximum Gasteiger partial charge on any atom is 0.0585 e. The Kier molecular flexibility index (Phi) is 4.19. The first kappa shape index (κ1) is 13.3. The van der Waals surface area contributed by atoms with Crippen molar-refractivity contribution in [2.75, 3.05) is 0 Å². The third-order valence-electron chi connectivity index (χ3n) is 3.03. The number of hydrogen-bond donors (Lipinski definition) is 1. The molecule has 1 aromatic heterocycles. The van der Waals surface area contributed by atoms with Crippen LogP contribution < -0.4 is 5.73 Å². The molecule has 0 aliphatic carbocycles. The third kappa shape index (κ3) is 2.82. The van der Waals surface area contributed by atoms with Crippen LogP contribution in [0.15, 0.2) is 35.1 Å². The summed E-state index contributed by atoms with van der Waals surface area (Å²) < 4.78 is 3.03. The second-order valence-corrected chi connectivity index (χ2v) is 5.43. The average molecular weight is 308 g/mol. The van der Waals surface area contributed by atoms with E-state index in [0.717, 1.165) is 28.6 Å². The SMILES string of the molecule is CCCn1cc(C(N)c2ccc(Br)cc2C)cn1. The van der Waals surface area contributed by atoms with Crippen LogP contribution in [0.4, 0.5) is 0 Å². The number of aromatic nitrogens is 2. The summed E-state index contributed by atoms with van der Waals surface area (Å²) in [6, 6.07) is 6.08. The van der Waals surface area contributed by atoms with E-state index in [4.69, 9.17) is 5.73 Å². The Hall–Kier alpha value is -1.13. The molecule has 2 rings (SSSR count). The van der Waals surface area contributed by atoms with E-state index in [9.17, 15) is 0 Å². The van der Waals surface area contributed by atoms with Gasteiger partial charge in [0.05, 0.1) is 12.2 Å². The highest BCUT2D eigenvalue weighted by Gasteiger charge is 2.13. The van der Waals surface area contributed by atoms with Gasteiger partial charge in [-0.3, -0.25) is 4.68 Å². The zero-order valence-corrected chi connectivity index (χ0v) is 12.3. The molecule has 4 heteroatoms. The molecule has 0 spiro atoms. The van der Waals surface area contributed by atoms with Crippen LogP contribution in [-0.4, -0.2) is 9.78 Å². The molecular weight excluding hydrogens is 290 g/mol. The van der Waals surface area contributed by atoms with E-state index in [1.165, 1.54) is 5.56 Å². The summed E-state index contributed by atoms with van der Waals surface area (Å²) in [6.07, 6.45) is 4.98. The molecule has 0 aliphatic heterocycles. The topological polar surface area (TPSA) is 43.8 Å². The Morgan fingerprint density at radius 3 is 2.89 bits per heavy atom. The molecule has 0 radical (unpaired) electrons. The predicted molar refractivity (Wildman–Crippen MR) is 77.4 cm³/mol. The van der Waals surface area contributed by atoms with Gasteiger partial charge in [-0.15, -0.1) is 0 Å². The van der Waals surface area contributed by atoms with Gasteiger partial charge < -0.3 is 5.73 Å². The second-order valence-electron chi connectivity index (χ2n) is 4.52. The van der Waals surface area contributed by atoms with Crippen LogP contribution in [0, 0.1) is 6.92 Å². The molecule has 0 saturated carbocycles. The van der Waals surface area contributed by atoms with Gasteiger partial charge in [0.25, 0.3) is 0 Å². The Balaban J connectivity index is 2.26. The third-order valence-corrected chi connectivity index (χ3v) is 3.53. The van der Waals surface area contributed by atoms with Crippen molar-refractivity contribution >= 4 is 15.9 Å². The summed E-state index contributed by atoms with van der Waals surface area (Å²) in [5.74, 6) is 0. The molecule has 0 amide bonds. The van der Waals surface area contributed by atoms with Crippen LogP contribution in [0.25, 0.3) is 0 Å². The summed E-state index contributed by atoms with van der Waals surface area (Å²) in [7, 11) is 0. The van der Waals surface area contributed by atoms with Gasteiger partial charge in [0.15, 0.2) is 0 Å². The van der Waals surface area contributed by atoms with Crippen molar-refractivity contribution in [3.8, 4) is 0 Å². The molecular formula is C14H18BrN3. The summed E-state index contributed by atoms with van der Waals surface area (Å²) in [6.45, 7) is 5.16. The predicted octanol–water partition coefficient (Wildman–Crippen LogP) is 3.41. The molecule has 2 N–H and O–H groups in total. The van der Waals surface area contributed by atoms with Crippen molar-refractivity contribution in [3.63, 3.8) is 0 Å². The van der Waals surface area contributed by atoms with Gasteiger partial charge in [-0.25, -0.2) is 0 Å². The number of nitrogens with zero attached hydrogens (tertiary/aromatic N) is 2. The van der Waals surface area contributed by atoms with Crippen molar-refractivity contribution in [3.05, 3.63) is 51.8 Å². The normalized spacial score (nSPS) is 12.7. The maximum absolute atomic E-state index is 6.31. The van der Waals surface area contributed by atoms with E-state index in [1.807, 2.05) is 23.1 Å². The van der Waals surface area contributed by atoms with Crippen LogP contribution in [0.3, 0.4) is 0 Å². The Morgan fingerprint density at radius 1 is 1.44 bits per heavy atom. The molecule has 0 saturated heterocycles. The first-order valence-electron chi connectivity index (χ1n) is 6.15. The minimum absolute atomic E-state index is 0.108. The van der Waals surface area contributed by atoms with Gasteiger partial charge in [0.2, 0.25) is 0 Å². The van der Waals surface area contributed by atoms with E-state index in [1.54, 1.807) is 0 Å². The smallest absolute Gasteiger partial charge is 0.0585 e. The Morgan fingerprint density at radius 2 is 2.22 bits per heavy atom. The maximum atomic E-state index is 6.31. The van der Waals surface area contributed by atoms with Crippen molar-refractivity contribution in [1.29, 1.82) is 0 Å². The number of benzene rings is 1. The first-order valence-corrected chi connectivity index (χ1v) is 6.95. The minimum atomic E-state index is -0.108. The summed E-state index contributed by atoms with van der Waals surface area (Å²) in [4.78, 5) is 0. The summed E-state index contributed by atoms with van der Waals surface area (Å²) >= 11 is 3.47. The first-order chi connectivity index (χ1) is 8.61. The molecule has 1 atom stereocenters. The van der Waals surface area contributed by atoms with Crippen LogP contribution in [0.5, 0.6) is 0 Å². The minimum Gasteiger partial charge on any atom is -0.320 e. The van der Waals surface area contributed by atoms with Gasteiger partial charge >= 0.3 is 0 Å². The largest absolute Gasteiger partial charge is 0.320 e. The molecule has 0 fully saturated rings. The molecule has 0 bridgehead atoms. The number of halogens is 1. The molecule has 0 aliphatic rings. The summed E-state index contributed by atoms with van der Waals surface area (Å²) in [5.41, 5.74) is 9.71.